The van der Waals surface area contributed by atoms with E-state index < -0.39 is 22.1 Å². The van der Waals surface area contributed by atoms with Crippen LogP contribution in [0.4, 0.5) is 11.4 Å². The number of benzene rings is 1. The highest BCUT2D eigenvalue weighted by Gasteiger charge is 2.27. The number of aromatic carboxylic acids is 1. The van der Waals surface area contributed by atoms with Gasteiger partial charge in [0.1, 0.15) is 11.3 Å². The van der Waals surface area contributed by atoms with Gasteiger partial charge in [-0.2, -0.15) is 0 Å². The largest absolute Gasteiger partial charge is 0.477 e. The molecule has 1 aromatic rings. The maximum atomic E-state index is 11.8. The van der Waals surface area contributed by atoms with Crippen molar-refractivity contribution in [2.75, 3.05) is 32.1 Å². The Hall–Kier alpha value is -2.64. The molecular weight excluding hydrogens is 278 g/mol. The van der Waals surface area contributed by atoms with Crippen LogP contribution in [0.25, 0.3) is 0 Å². The summed E-state index contributed by atoms with van der Waals surface area (Å²) in [6, 6.07) is 4.04. The predicted molar refractivity (Wildman–Crippen MR) is 76.6 cm³/mol. The lowest BCUT2D eigenvalue weighted by atomic mass is 10.1. The second kappa shape index (κ2) is 6.69. The molecule has 0 radical (unpaired) electrons. The van der Waals surface area contributed by atoms with Gasteiger partial charge in [0.25, 0.3) is 0 Å². The summed E-state index contributed by atoms with van der Waals surface area (Å²) in [7, 11) is 3.16. The fraction of sp³-hybridized carbons (Fsp3) is 0.385. The van der Waals surface area contributed by atoms with Crippen LogP contribution in [0.2, 0.25) is 0 Å². The number of nitrogens with zero attached hydrogens (tertiary/aromatic N) is 3. The number of nitro benzene ring substituents is 1. The summed E-state index contributed by atoms with van der Waals surface area (Å²) >= 11 is 0. The number of nitro groups is 1. The van der Waals surface area contributed by atoms with E-state index in [1.54, 1.807) is 21.0 Å². The lowest BCUT2D eigenvalue weighted by molar-refractivity contribution is -0.384. The van der Waals surface area contributed by atoms with Crippen LogP contribution < -0.4 is 4.90 Å². The molecule has 0 spiro atoms. The minimum absolute atomic E-state index is 0.0621. The first kappa shape index (κ1) is 16.4. The molecule has 0 saturated heterocycles. The van der Waals surface area contributed by atoms with Gasteiger partial charge in [-0.15, -0.1) is 0 Å². The van der Waals surface area contributed by atoms with Crippen molar-refractivity contribution in [3.8, 4) is 0 Å². The Morgan fingerprint density at radius 1 is 1.33 bits per heavy atom. The SMILES string of the molecule is CCN(CC(=O)N(C)C)c1cccc(C(=O)O)c1[N+](=O)[O-]. The van der Waals surface area contributed by atoms with E-state index in [2.05, 4.69) is 0 Å². The molecule has 1 rings (SSSR count). The normalized spacial score (nSPS) is 10.0. The van der Waals surface area contributed by atoms with Gasteiger partial charge >= 0.3 is 11.7 Å². The number of likely N-dealkylation sites (N-methyl/N-ethyl adjacent to an activating group) is 2. The van der Waals surface area contributed by atoms with Crippen molar-refractivity contribution >= 4 is 23.3 Å². The van der Waals surface area contributed by atoms with Crippen LogP contribution >= 0.6 is 0 Å². The van der Waals surface area contributed by atoms with Crippen LogP contribution in [0.1, 0.15) is 17.3 Å². The van der Waals surface area contributed by atoms with Crippen LogP contribution in [0.5, 0.6) is 0 Å². The first-order valence-corrected chi connectivity index (χ1v) is 6.25. The summed E-state index contributed by atoms with van der Waals surface area (Å²) < 4.78 is 0. The summed E-state index contributed by atoms with van der Waals surface area (Å²) in [5.74, 6) is -1.61. The van der Waals surface area contributed by atoms with Gasteiger partial charge in [0, 0.05) is 20.6 Å². The van der Waals surface area contributed by atoms with Crippen LogP contribution in [0.3, 0.4) is 0 Å². The lowest BCUT2D eigenvalue weighted by Crippen LogP contribution is -2.37. The Labute approximate surface area is 121 Å². The highest BCUT2D eigenvalue weighted by Crippen LogP contribution is 2.31. The van der Waals surface area contributed by atoms with E-state index in [1.807, 2.05) is 0 Å². The molecular formula is C13H17N3O5. The third-order valence-corrected chi connectivity index (χ3v) is 2.98. The summed E-state index contributed by atoms with van der Waals surface area (Å²) in [6.45, 7) is 2.01. The number of carbonyl (C=O) groups is 2. The zero-order valence-corrected chi connectivity index (χ0v) is 12.1. The quantitative estimate of drug-likeness (QED) is 0.625. The van der Waals surface area contributed by atoms with Crippen molar-refractivity contribution < 1.29 is 19.6 Å². The number of anilines is 1. The summed E-state index contributed by atoms with van der Waals surface area (Å²) in [5.41, 5.74) is -0.774. The van der Waals surface area contributed by atoms with Crippen molar-refractivity contribution in [1.82, 2.24) is 4.90 Å². The van der Waals surface area contributed by atoms with Crippen molar-refractivity contribution in [1.29, 1.82) is 0 Å². The third kappa shape index (κ3) is 3.68. The second-order valence-corrected chi connectivity index (χ2v) is 4.54. The first-order chi connectivity index (χ1) is 9.79. The molecule has 114 valence electrons. The fourth-order valence-corrected chi connectivity index (χ4v) is 1.82. The van der Waals surface area contributed by atoms with E-state index >= 15 is 0 Å². The van der Waals surface area contributed by atoms with Crippen molar-refractivity contribution in [2.45, 2.75) is 6.92 Å². The molecule has 0 atom stereocenters. The Balaban J connectivity index is 3.32. The summed E-state index contributed by atoms with van der Waals surface area (Å²) in [6.07, 6.45) is 0. The lowest BCUT2D eigenvalue weighted by Gasteiger charge is -2.24. The molecule has 0 fully saturated rings. The molecule has 0 heterocycles. The average molecular weight is 295 g/mol. The zero-order valence-electron chi connectivity index (χ0n) is 12.1. The van der Waals surface area contributed by atoms with Gasteiger partial charge in [-0.25, -0.2) is 4.79 Å². The van der Waals surface area contributed by atoms with Crippen LogP contribution in [0, 0.1) is 10.1 Å². The van der Waals surface area contributed by atoms with E-state index in [1.165, 1.54) is 28.0 Å². The van der Waals surface area contributed by atoms with E-state index in [-0.39, 0.29) is 18.1 Å². The third-order valence-electron chi connectivity index (χ3n) is 2.98. The molecule has 0 unspecified atom stereocenters. The van der Waals surface area contributed by atoms with Crippen molar-refractivity contribution in [3.63, 3.8) is 0 Å². The monoisotopic (exact) mass is 295 g/mol. The summed E-state index contributed by atoms with van der Waals surface area (Å²) in [4.78, 5) is 36.2. The first-order valence-electron chi connectivity index (χ1n) is 6.25. The smallest absolute Gasteiger partial charge is 0.342 e. The van der Waals surface area contributed by atoms with Gasteiger partial charge in [-0.1, -0.05) is 6.07 Å². The molecule has 0 bridgehead atoms. The molecule has 1 N–H and O–H groups in total. The maximum Gasteiger partial charge on any atom is 0.342 e. The number of rotatable bonds is 6. The number of carbonyl (C=O) groups excluding carboxylic acids is 1. The second-order valence-electron chi connectivity index (χ2n) is 4.54. The van der Waals surface area contributed by atoms with E-state index in [0.717, 1.165) is 0 Å². The molecule has 0 aliphatic rings. The minimum Gasteiger partial charge on any atom is -0.477 e. The molecule has 0 aliphatic carbocycles. The highest BCUT2D eigenvalue weighted by atomic mass is 16.6. The molecule has 1 aromatic carbocycles. The van der Waals surface area contributed by atoms with Crippen LogP contribution in [-0.2, 0) is 4.79 Å². The van der Waals surface area contributed by atoms with Gasteiger partial charge < -0.3 is 14.9 Å². The number of amides is 1. The number of carboxylic acids is 1. The van der Waals surface area contributed by atoms with E-state index in [0.29, 0.717) is 6.54 Å². The molecule has 0 saturated carbocycles. The molecule has 1 amide bonds. The highest BCUT2D eigenvalue weighted by molar-refractivity contribution is 5.96. The van der Waals surface area contributed by atoms with Crippen molar-refractivity contribution in [3.05, 3.63) is 33.9 Å². The van der Waals surface area contributed by atoms with Gasteiger partial charge in [0.2, 0.25) is 5.91 Å². The molecule has 8 heteroatoms. The Bertz CT molecular complexity index is 571. The number of hydrogen-bond donors (Lipinski definition) is 1. The maximum absolute atomic E-state index is 11.8. The predicted octanol–water partition coefficient (Wildman–Crippen LogP) is 1.21. The number of para-hydroxylation sites is 1. The summed E-state index contributed by atoms with van der Waals surface area (Å²) in [5, 5.41) is 20.3. The zero-order chi connectivity index (χ0) is 16.2. The Morgan fingerprint density at radius 2 is 1.95 bits per heavy atom. The Kier molecular flexibility index (Phi) is 5.23. The standard InChI is InChI=1S/C13H17N3O5/c1-4-15(8-11(17)14(2)3)10-7-5-6-9(13(18)19)12(10)16(20)21/h5-7H,4,8H2,1-3H3,(H,18,19). The van der Waals surface area contributed by atoms with Gasteiger partial charge in [0.15, 0.2) is 0 Å². The van der Waals surface area contributed by atoms with Gasteiger partial charge in [-0.3, -0.25) is 14.9 Å². The average Bonchev–Trinajstić information content (AvgIpc) is 2.43. The minimum atomic E-state index is -1.38. The van der Waals surface area contributed by atoms with Gasteiger partial charge in [-0.05, 0) is 19.1 Å². The molecule has 0 aliphatic heterocycles. The van der Waals surface area contributed by atoms with Crippen molar-refractivity contribution in [2.24, 2.45) is 0 Å². The molecule has 21 heavy (non-hydrogen) atoms. The van der Waals surface area contributed by atoms with Crippen LogP contribution in [-0.4, -0.2) is 54.0 Å². The number of hydrogen-bond acceptors (Lipinski definition) is 5. The Morgan fingerprint density at radius 3 is 2.38 bits per heavy atom. The van der Waals surface area contributed by atoms with E-state index in [4.69, 9.17) is 5.11 Å². The fourth-order valence-electron chi connectivity index (χ4n) is 1.82. The van der Waals surface area contributed by atoms with Gasteiger partial charge in [0.05, 0.1) is 11.5 Å². The van der Waals surface area contributed by atoms with Crippen LogP contribution in [0.15, 0.2) is 18.2 Å². The molecule has 0 aromatic heterocycles. The molecule has 8 nitrogen and oxygen atoms in total. The topological polar surface area (TPSA) is 104 Å². The number of carboxylic acid groups (broad SMARTS) is 1. The van der Waals surface area contributed by atoms with E-state index in [9.17, 15) is 19.7 Å².